The Morgan fingerprint density at radius 1 is 1.44 bits per heavy atom. The molecule has 1 aliphatic carbocycles. The summed E-state index contributed by atoms with van der Waals surface area (Å²) in [7, 11) is 0. The molecule has 90 valence electrons. The van der Waals surface area contributed by atoms with E-state index in [0.717, 1.165) is 24.1 Å². The molecule has 2 aliphatic heterocycles. The SMILES string of the molecule is CCc1noc(C2CC3CCC2NC3)n1.Cl. The largest absolute Gasteiger partial charge is 0.339 e. The summed E-state index contributed by atoms with van der Waals surface area (Å²) in [6, 6.07) is 0.570. The molecule has 3 unspecified atom stereocenters. The van der Waals surface area contributed by atoms with Crippen molar-refractivity contribution in [2.24, 2.45) is 5.92 Å². The Labute approximate surface area is 102 Å². The Kier molecular flexibility index (Phi) is 3.50. The summed E-state index contributed by atoms with van der Waals surface area (Å²) < 4.78 is 5.35. The Morgan fingerprint density at radius 3 is 2.81 bits per heavy atom. The van der Waals surface area contributed by atoms with E-state index in [4.69, 9.17) is 4.52 Å². The van der Waals surface area contributed by atoms with Gasteiger partial charge in [0.2, 0.25) is 5.89 Å². The fourth-order valence-corrected chi connectivity index (χ4v) is 2.84. The monoisotopic (exact) mass is 243 g/mol. The molecule has 1 N–H and O–H groups in total. The van der Waals surface area contributed by atoms with Crippen molar-refractivity contribution in [2.75, 3.05) is 6.54 Å². The van der Waals surface area contributed by atoms with Gasteiger partial charge in [-0.05, 0) is 31.7 Å². The van der Waals surface area contributed by atoms with Crippen molar-refractivity contribution in [2.45, 2.75) is 44.6 Å². The van der Waals surface area contributed by atoms with Crippen molar-refractivity contribution in [1.29, 1.82) is 0 Å². The third kappa shape index (κ3) is 1.96. The van der Waals surface area contributed by atoms with Crippen LogP contribution in [-0.2, 0) is 6.42 Å². The van der Waals surface area contributed by atoms with Crippen molar-refractivity contribution < 1.29 is 4.52 Å². The molecular formula is C11H18ClN3O. The molecule has 3 fully saturated rings. The molecule has 1 aromatic heterocycles. The van der Waals surface area contributed by atoms with E-state index in [9.17, 15) is 0 Å². The summed E-state index contributed by atoms with van der Waals surface area (Å²) in [5, 5.41) is 7.55. The van der Waals surface area contributed by atoms with Crippen LogP contribution < -0.4 is 5.32 Å². The quantitative estimate of drug-likeness (QED) is 0.862. The van der Waals surface area contributed by atoms with Gasteiger partial charge in [0.1, 0.15) is 0 Å². The molecular weight excluding hydrogens is 226 g/mol. The molecule has 4 nitrogen and oxygen atoms in total. The molecule has 3 heterocycles. The smallest absolute Gasteiger partial charge is 0.231 e. The van der Waals surface area contributed by atoms with E-state index in [0.29, 0.717) is 12.0 Å². The molecule has 4 rings (SSSR count). The number of halogens is 1. The Balaban J connectivity index is 0.000000963. The molecule has 5 heteroatoms. The Morgan fingerprint density at radius 2 is 2.31 bits per heavy atom. The van der Waals surface area contributed by atoms with E-state index in [1.54, 1.807) is 0 Å². The van der Waals surface area contributed by atoms with Crippen molar-refractivity contribution in [3.63, 3.8) is 0 Å². The van der Waals surface area contributed by atoms with Gasteiger partial charge in [0.25, 0.3) is 0 Å². The van der Waals surface area contributed by atoms with Crippen LogP contribution in [0.1, 0.15) is 43.8 Å². The van der Waals surface area contributed by atoms with Gasteiger partial charge in [-0.1, -0.05) is 12.1 Å². The highest BCUT2D eigenvalue weighted by molar-refractivity contribution is 5.85. The van der Waals surface area contributed by atoms with Crippen LogP contribution in [0.5, 0.6) is 0 Å². The maximum atomic E-state index is 5.35. The predicted molar refractivity (Wildman–Crippen MR) is 62.8 cm³/mol. The zero-order valence-electron chi connectivity index (χ0n) is 9.48. The first-order chi connectivity index (χ1) is 7.36. The van der Waals surface area contributed by atoms with E-state index in [-0.39, 0.29) is 12.4 Å². The second-order valence-electron chi connectivity index (χ2n) is 4.70. The van der Waals surface area contributed by atoms with Crippen molar-refractivity contribution in [3.05, 3.63) is 11.7 Å². The molecule has 3 atom stereocenters. The minimum Gasteiger partial charge on any atom is -0.339 e. The minimum absolute atomic E-state index is 0. The molecule has 1 saturated carbocycles. The van der Waals surface area contributed by atoms with Gasteiger partial charge in [-0.2, -0.15) is 4.98 Å². The molecule has 3 aliphatic rings. The zero-order valence-corrected chi connectivity index (χ0v) is 10.3. The van der Waals surface area contributed by atoms with E-state index in [2.05, 4.69) is 22.4 Å². The summed E-state index contributed by atoms with van der Waals surface area (Å²) in [5.74, 6) is 2.97. The lowest BCUT2D eigenvalue weighted by molar-refractivity contribution is 0.158. The fourth-order valence-electron chi connectivity index (χ4n) is 2.84. The summed E-state index contributed by atoms with van der Waals surface area (Å²) in [6.07, 6.45) is 4.71. The summed E-state index contributed by atoms with van der Waals surface area (Å²) in [6.45, 7) is 3.23. The molecule has 0 aromatic carbocycles. The number of hydrogen-bond acceptors (Lipinski definition) is 4. The number of nitrogens with one attached hydrogen (secondary N) is 1. The number of piperidine rings is 2. The standard InChI is InChI=1S/C11H17N3O.ClH/c1-2-10-13-11(15-14-10)8-5-7-3-4-9(8)12-6-7;/h7-9,12H,2-6H2,1H3;1H. The molecule has 0 spiro atoms. The van der Waals surface area contributed by atoms with Crippen LogP contribution in [0.25, 0.3) is 0 Å². The number of rotatable bonds is 2. The van der Waals surface area contributed by atoms with Crippen molar-refractivity contribution in [1.82, 2.24) is 15.5 Å². The average molecular weight is 244 g/mol. The van der Waals surface area contributed by atoms with Crippen LogP contribution in [0.15, 0.2) is 4.52 Å². The molecule has 2 bridgehead atoms. The number of fused-ring (bicyclic) bond motifs is 3. The van der Waals surface area contributed by atoms with Gasteiger partial charge < -0.3 is 9.84 Å². The maximum Gasteiger partial charge on any atom is 0.231 e. The first-order valence-electron chi connectivity index (χ1n) is 5.92. The van der Waals surface area contributed by atoms with E-state index in [1.807, 2.05) is 0 Å². The van der Waals surface area contributed by atoms with Gasteiger partial charge >= 0.3 is 0 Å². The predicted octanol–water partition coefficient (Wildman–Crippen LogP) is 1.91. The molecule has 0 radical (unpaired) electrons. The topological polar surface area (TPSA) is 51.0 Å². The van der Waals surface area contributed by atoms with Gasteiger partial charge in [0, 0.05) is 12.5 Å². The second kappa shape index (κ2) is 4.72. The lowest BCUT2D eigenvalue weighted by Crippen LogP contribution is -2.49. The highest BCUT2D eigenvalue weighted by atomic mass is 35.5. The van der Waals surface area contributed by atoms with E-state index >= 15 is 0 Å². The molecule has 2 saturated heterocycles. The number of aryl methyl sites for hydroxylation is 1. The van der Waals surface area contributed by atoms with Gasteiger partial charge in [0.05, 0.1) is 5.92 Å². The van der Waals surface area contributed by atoms with Crippen LogP contribution in [0, 0.1) is 5.92 Å². The maximum absolute atomic E-state index is 5.35. The second-order valence-corrected chi connectivity index (χ2v) is 4.70. The van der Waals surface area contributed by atoms with Gasteiger partial charge in [-0.3, -0.25) is 0 Å². The highest BCUT2D eigenvalue weighted by Gasteiger charge is 2.38. The van der Waals surface area contributed by atoms with E-state index in [1.165, 1.54) is 25.8 Å². The third-order valence-corrected chi connectivity index (χ3v) is 3.74. The normalized spacial score (nSPS) is 32.4. The van der Waals surface area contributed by atoms with Crippen LogP contribution in [0.3, 0.4) is 0 Å². The van der Waals surface area contributed by atoms with Crippen LogP contribution in [0.2, 0.25) is 0 Å². The minimum atomic E-state index is 0. The fraction of sp³-hybridized carbons (Fsp3) is 0.818. The average Bonchev–Trinajstić information content (AvgIpc) is 2.79. The first-order valence-corrected chi connectivity index (χ1v) is 5.92. The van der Waals surface area contributed by atoms with Crippen LogP contribution >= 0.6 is 12.4 Å². The van der Waals surface area contributed by atoms with Gasteiger partial charge in [0.15, 0.2) is 5.82 Å². The zero-order chi connectivity index (χ0) is 10.3. The van der Waals surface area contributed by atoms with Crippen LogP contribution in [-0.4, -0.2) is 22.7 Å². The molecule has 1 aromatic rings. The van der Waals surface area contributed by atoms with Gasteiger partial charge in [-0.25, -0.2) is 0 Å². The number of nitrogens with zero attached hydrogens (tertiary/aromatic N) is 2. The lowest BCUT2D eigenvalue weighted by Gasteiger charge is -2.41. The molecule has 0 amide bonds. The highest BCUT2D eigenvalue weighted by Crippen LogP contribution is 2.39. The van der Waals surface area contributed by atoms with Gasteiger partial charge in [-0.15, -0.1) is 12.4 Å². The van der Waals surface area contributed by atoms with Crippen molar-refractivity contribution >= 4 is 12.4 Å². The van der Waals surface area contributed by atoms with Crippen molar-refractivity contribution in [3.8, 4) is 0 Å². The summed E-state index contributed by atoms with van der Waals surface area (Å²) in [4.78, 5) is 4.45. The third-order valence-electron chi connectivity index (χ3n) is 3.74. The first kappa shape index (κ1) is 11.9. The Hall–Kier alpha value is -0.610. The Bertz CT molecular complexity index is 347. The number of hydrogen-bond donors (Lipinski definition) is 1. The summed E-state index contributed by atoms with van der Waals surface area (Å²) in [5.41, 5.74) is 0. The molecule has 16 heavy (non-hydrogen) atoms. The summed E-state index contributed by atoms with van der Waals surface area (Å²) >= 11 is 0. The number of aromatic nitrogens is 2. The lowest BCUT2D eigenvalue weighted by atomic mass is 9.74. The van der Waals surface area contributed by atoms with E-state index < -0.39 is 0 Å². The van der Waals surface area contributed by atoms with Crippen LogP contribution in [0.4, 0.5) is 0 Å².